The molecule has 1 nitrogen and oxygen atoms in total. The van der Waals surface area contributed by atoms with Gasteiger partial charge in [-0.2, -0.15) is 0 Å². The van der Waals surface area contributed by atoms with Gasteiger partial charge in [0.05, 0.1) is 0 Å². The summed E-state index contributed by atoms with van der Waals surface area (Å²) in [6.07, 6.45) is 18.1. The molecule has 2 fully saturated rings. The second kappa shape index (κ2) is 5.09. The fourth-order valence-electron chi connectivity index (χ4n) is 5.02. The SMILES string of the molecule is C1=CC2CC1CC2CCOCCC1CC2C=CC1C2. The van der Waals surface area contributed by atoms with Gasteiger partial charge in [-0.15, -0.1) is 0 Å². The average molecular weight is 258 g/mol. The van der Waals surface area contributed by atoms with Gasteiger partial charge in [0.15, 0.2) is 0 Å². The minimum atomic E-state index is 0.893. The first kappa shape index (κ1) is 12.2. The van der Waals surface area contributed by atoms with Crippen LogP contribution >= 0.6 is 0 Å². The topological polar surface area (TPSA) is 9.23 Å². The molecule has 0 aliphatic heterocycles. The van der Waals surface area contributed by atoms with Crippen molar-refractivity contribution in [2.45, 2.75) is 38.5 Å². The van der Waals surface area contributed by atoms with Gasteiger partial charge in [0.1, 0.15) is 0 Å². The largest absolute Gasteiger partial charge is 0.381 e. The Balaban J connectivity index is 1.11. The molecule has 4 rings (SSSR count). The number of rotatable bonds is 6. The summed E-state index contributed by atoms with van der Waals surface area (Å²) in [7, 11) is 0. The molecule has 104 valence electrons. The zero-order chi connectivity index (χ0) is 12.7. The number of allylic oxidation sites excluding steroid dienone is 4. The van der Waals surface area contributed by atoms with E-state index in [9.17, 15) is 0 Å². The lowest BCUT2D eigenvalue weighted by atomic mass is 9.90. The predicted octanol–water partition coefficient (Wildman–Crippen LogP) is 4.21. The van der Waals surface area contributed by atoms with Crippen LogP contribution in [0.5, 0.6) is 0 Å². The minimum Gasteiger partial charge on any atom is -0.381 e. The maximum atomic E-state index is 5.92. The standard InChI is InChI=1S/C18H26O/c1-3-15-9-13(1)11-17(15)5-7-19-8-6-18-12-14-2-4-16(18)10-14/h1-4,13-18H,5-12H2. The van der Waals surface area contributed by atoms with E-state index in [-0.39, 0.29) is 0 Å². The highest BCUT2D eigenvalue weighted by atomic mass is 16.5. The third-order valence-corrected chi connectivity index (χ3v) is 6.10. The van der Waals surface area contributed by atoms with E-state index in [0.717, 1.165) is 48.7 Å². The quantitative estimate of drug-likeness (QED) is 0.512. The number of ether oxygens (including phenoxy) is 1. The number of fused-ring (bicyclic) bond motifs is 4. The first-order valence-electron chi connectivity index (χ1n) is 8.33. The van der Waals surface area contributed by atoms with E-state index in [1.54, 1.807) is 0 Å². The van der Waals surface area contributed by atoms with E-state index in [2.05, 4.69) is 24.3 Å². The lowest BCUT2D eigenvalue weighted by molar-refractivity contribution is 0.101. The summed E-state index contributed by atoms with van der Waals surface area (Å²) in [6, 6.07) is 0. The lowest BCUT2D eigenvalue weighted by Gasteiger charge is -2.19. The van der Waals surface area contributed by atoms with Crippen molar-refractivity contribution < 1.29 is 4.74 Å². The monoisotopic (exact) mass is 258 g/mol. The van der Waals surface area contributed by atoms with Crippen LogP contribution in [0.4, 0.5) is 0 Å². The zero-order valence-corrected chi connectivity index (χ0v) is 11.8. The summed E-state index contributed by atoms with van der Waals surface area (Å²) in [6.45, 7) is 2.00. The Kier molecular flexibility index (Phi) is 3.27. The molecule has 6 unspecified atom stereocenters. The van der Waals surface area contributed by atoms with Crippen LogP contribution in [0, 0.1) is 35.5 Å². The highest BCUT2D eigenvalue weighted by Crippen LogP contribution is 2.45. The van der Waals surface area contributed by atoms with Crippen LogP contribution in [0.1, 0.15) is 38.5 Å². The van der Waals surface area contributed by atoms with Crippen LogP contribution in [0.3, 0.4) is 0 Å². The molecule has 0 N–H and O–H groups in total. The Hall–Kier alpha value is -0.560. The third kappa shape index (κ3) is 2.42. The minimum absolute atomic E-state index is 0.893. The second-order valence-electron chi connectivity index (χ2n) is 7.27. The molecule has 0 spiro atoms. The number of hydrogen-bond acceptors (Lipinski definition) is 1. The van der Waals surface area contributed by atoms with Crippen molar-refractivity contribution in [3.8, 4) is 0 Å². The zero-order valence-electron chi connectivity index (χ0n) is 11.8. The summed E-state index contributed by atoms with van der Waals surface area (Å²) in [5, 5.41) is 0. The predicted molar refractivity (Wildman–Crippen MR) is 77.7 cm³/mol. The Morgan fingerprint density at radius 2 is 1.21 bits per heavy atom. The summed E-state index contributed by atoms with van der Waals surface area (Å²) in [4.78, 5) is 0. The Morgan fingerprint density at radius 3 is 1.58 bits per heavy atom. The highest BCUT2D eigenvalue weighted by Gasteiger charge is 2.36. The molecule has 0 amide bonds. The van der Waals surface area contributed by atoms with Gasteiger partial charge in [0.25, 0.3) is 0 Å². The van der Waals surface area contributed by atoms with E-state index in [1.807, 2.05) is 0 Å². The fraction of sp³-hybridized carbons (Fsp3) is 0.778. The van der Waals surface area contributed by atoms with Gasteiger partial charge in [-0.1, -0.05) is 24.3 Å². The molecule has 1 heteroatoms. The molecule has 0 aromatic heterocycles. The molecule has 0 radical (unpaired) electrons. The van der Waals surface area contributed by atoms with Crippen molar-refractivity contribution in [1.82, 2.24) is 0 Å². The van der Waals surface area contributed by atoms with Crippen molar-refractivity contribution in [2.75, 3.05) is 13.2 Å². The molecular weight excluding hydrogens is 232 g/mol. The van der Waals surface area contributed by atoms with Crippen LogP contribution in [-0.2, 0) is 4.74 Å². The first-order valence-corrected chi connectivity index (χ1v) is 8.33. The van der Waals surface area contributed by atoms with Crippen LogP contribution < -0.4 is 0 Å². The Bertz CT molecular complexity index is 347. The highest BCUT2D eigenvalue weighted by molar-refractivity contribution is 5.10. The lowest BCUT2D eigenvalue weighted by Crippen LogP contribution is -2.13. The van der Waals surface area contributed by atoms with Crippen LogP contribution in [0.2, 0.25) is 0 Å². The van der Waals surface area contributed by atoms with Gasteiger partial charge in [-0.25, -0.2) is 0 Å². The van der Waals surface area contributed by atoms with Gasteiger partial charge < -0.3 is 4.74 Å². The molecule has 4 bridgehead atoms. The molecule has 0 aromatic rings. The maximum absolute atomic E-state index is 5.92. The van der Waals surface area contributed by atoms with Gasteiger partial charge in [0.2, 0.25) is 0 Å². The Labute approximate surface area is 117 Å². The van der Waals surface area contributed by atoms with Gasteiger partial charge in [0, 0.05) is 13.2 Å². The van der Waals surface area contributed by atoms with Crippen molar-refractivity contribution in [1.29, 1.82) is 0 Å². The van der Waals surface area contributed by atoms with Gasteiger partial charge >= 0.3 is 0 Å². The van der Waals surface area contributed by atoms with Gasteiger partial charge in [-0.05, 0) is 74.0 Å². The maximum Gasteiger partial charge on any atom is 0.0468 e. The molecule has 19 heavy (non-hydrogen) atoms. The van der Waals surface area contributed by atoms with Crippen molar-refractivity contribution >= 4 is 0 Å². The van der Waals surface area contributed by atoms with Crippen molar-refractivity contribution in [3.05, 3.63) is 24.3 Å². The van der Waals surface area contributed by atoms with E-state index in [4.69, 9.17) is 4.74 Å². The fourth-order valence-corrected chi connectivity index (χ4v) is 5.02. The molecule has 0 saturated heterocycles. The van der Waals surface area contributed by atoms with E-state index < -0.39 is 0 Å². The van der Waals surface area contributed by atoms with E-state index >= 15 is 0 Å². The Morgan fingerprint density at radius 1 is 0.684 bits per heavy atom. The summed E-state index contributed by atoms with van der Waals surface area (Å²) >= 11 is 0. The normalized spacial score (nSPS) is 45.7. The van der Waals surface area contributed by atoms with Crippen molar-refractivity contribution in [2.24, 2.45) is 35.5 Å². The van der Waals surface area contributed by atoms with Crippen LogP contribution in [0.25, 0.3) is 0 Å². The van der Waals surface area contributed by atoms with E-state index in [0.29, 0.717) is 0 Å². The second-order valence-corrected chi connectivity index (χ2v) is 7.27. The van der Waals surface area contributed by atoms with Crippen LogP contribution in [-0.4, -0.2) is 13.2 Å². The molecule has 2 saturated carbocycles. The summed E-state index contributed by atoms with van der Waals surface area (Å²) in [5.74, 6) is 5.47. The average Bonchev–Trinajstić information content (AvgIpc) is 3.18. The van der Waals surface area contributed by atoms with Crippen LogP contribution in [0.15, 0.2) is 24.3 Å². The molecule has 6 atom stereocenters. The van der Waals surface area contributed by atoms with Crippen molar-refractivity contribution in [3.63, 3.8) is 0 Å². The molecule has 4 aliphatic rings. The summed E-state index contributed by atoms with van der Waals surface area (Å²) < 4.78 is 5.92. The molecule has 0 aromatic carbocycles. The first-order chi connectivity index (χ1) is 9.38. The van der Waals surface area contributed by atoms with Gasteiger partial charge in [-0.3, -0.25) is 0 Å². The molecule has 4 aliphatic carbocycles. The molecule has 0 heterocycles. The smallest absolute Gasteiger partial charge is 0.0468 e. The number of hydrogen-bond donors (Lipinski definition) is 0. The molecular formula is C18H26O. The van der Waals surface area contributed by atoms with E-state index in [1.165, 1.54) is 38.5 Å². The third-order valence-electron chi connectivity index (χ3n) is 6.10. The summed E-state index contributed by atoms with van der Waals surface area (Å²) in [5.41, 5.74) is 0.